The van der Waals surface area contributed by atoms with Gasteiger partial charge in [0.25, 0.3) is 11.8 Å². The van der Waals surface area contributed by atoms with Crippen molar-refractivity contribution in [1.29, 1.82) is 5.26 Å². The Bertz CT molecular complexity index is 1120. The smallest absolute Gasteiger partial charge is 0.280 e. The van der Waals surface area contributed by atoms with Crippen molar-refractivity contribution in [2.75, 3.05) is 0 Å². The van der Waals surface area contributed by atoms with Crippen molar-refractivity contribution in [2.45, 2.75) is 37.4 Å². The Hall–Kier alpha value is -3.48. The molecule has 0 unspecified atom stereocenters. The predicted molar refractivity (Wildman–Crippen MR) is 101 cm³/mol. The topological polar surface area (TPSA) is 118 Å². The molecule has 3 rings (SSSR count). The number of amidine groups is 1. The third kappa shape index (κ3) is 3.26. The van der Waals surface area contributed by atoms with E-state index in [0.717, 1.165) is 32.2 Å². The number of pyridine rings is 1. The summed E-state index contributed by atoms with van der Waals surface area (Å²) in [5.74, 6) is -6.40. The minimum Gasteiger partial charge on any atom is -0.385 e. The Kier molecular flexibility index (Phi) is 4.81. The van der Waals surface area contributed by atoms with Crippen LogP contribution in [0, 0.1) is 17.1 Å². The van der Waals surface area contributed by atoms with Crippen LogP contribution in [0.3, 0.4) is 0 Å². The molecule has 10 heteroatoms. The van der Waals surface area contributed by atoms with Crippen molar-refractivity contribution in [3.63, 3.8) is 0 Å². The number of hydrogen-bond acceptors (Lipinski definition) is 5. The van der Waals surface area contributed by atoms with Crippen molar-refractivity contribution in [3.05, 3.63) is 53.1 Å². The van der Waals surface area contributed by atoms with Crippen LogP contribution in [0.2, 0.25) is 0 Å². The van der Waals surface area contributed by atoms with Crippen molar-refractivity contribution >= 4 is 11.7 Å². The maximum Gasteiger partial charge on any atom is 0.280 e. The lowest BCUT2D eigenvalue weighted by Crippen LogP contribution is -2.56. The molecule has 30 heavy (non-hydrogen) atoms. The summed E-state index contributed by atoms with van der Waals surface area (Å²) in [5, 5.41) is 9.10. The molecule has 1 aromatic heterocycles. The molecular formula is C20H17F4N5O. The van der Waals surface area contributed by atoms with Crippen LogP contribution in [-0.2, 0) is 5.54 Å². The van der Waals surface area contributed by atoms with E-state index in [4.69, 9.17) is 16.7 Å². The lowest BCUT2D eigenvalue weighted by molar-refractivity contribution is -0.106. The number of halogens is 4. The van der Waals surface area contributed by atoms with E-state index in [0.29, 0.717) is 0 Å². The number of carbonyl (C=O) groups is 1. The average Bonchev–Trinajstić information content (AvgIpc) is 2.65. The number of aromatic nitrogens is 1. The number of alkyl halides is 3. The lowest BCUT2D eigenvalue weighted by atomic mass is 9.77. The van der Waals surface area contributed by atoms with Crippen LogP contribution in [0.4, 0.5) is 17.6 Å². The summed E-state index contributed by atoms with van der Waals surface area (Å²) in [6.45, 7) is 1.83. The van der Waals surface area contributed by atoms with Crippen LogP contribution in [-0.4, -0.2) is 28.3 Å². The van der Waals surface area contributed by atoms with Gasteiger partial charge < -0.3 is 11.5 Å². The molecule has 156 valence electrons. The molecule has 1 amide bonds. The van der Waals surface area contributed by atoms with Gasteiger partial charge in [-0.15, -0.1) is 0 Å². The number of nitrogens with zero attached hydrogens (tertiary/aromatic N) is 3. The Morgan fingerprint density at radius 2 is 1.90 bits per heavy atom. The van der Waals surface area contributed by atoms with Gasteiger partial charge in [0.05, 0.1) is 12.0 Å². The van der Waals surface area contributed by atoms with Crippen molar-refractivity contribution in [3.8, 4) is 17.2 Å². The monoisotopic (exact) mass is 419 g/mol. The number of benzene rings is 1. The zero-order chi connectivity index (χ0) is 22.5. The second-order valence-corrected chi connectivity index (χ2v) is 7.44. The van der Waals surface area contributed by atoms with E-state index in [1.807, 2.05) is 6.07 Å². The first-order valence-corrected chi connectivity index (χ1v) is 8.75. The van der Waals surface area contributed by atoms with E-state index < -0.39 is 46.7 Å². The Balaban J connectivity index is 2.27. The first kappa shape index (κ1) is 21.2. The molecule has 1 aliphatic rings. The SMILES string of the molecule is C[C@]1(F)CC(F)(F)[C@@](C)(c2cc(-c3cc(C#N)cnc3C(N)=O)ccc2F)N=C1N. The highest BCUT2D eigenvalue weighted by atomic mass is 19.3. The maximum absolute atomic E-state index is 14.9. The van der Waals surface area contributed by atoms with Gasteiger partial charge in [0.1, 0.15) is 23.4 Å². The second-order valence-electron chi connectivity index (χ2n) is 7.44. The Morgan fingerprint density at radius 1 is 1.23 bits per heavy atom. The van der Waals surface area contributed by atoms with E-state index >= 15 is 0 Å². The Labute approximate surface area is 169 Å². The molecule has 2 atom stereocenters. The van der Waals surface area contributed by atoms with E-state index in [2.05, 4.69) is 9.98 Å². The number of nitriles is 1. The minimum atomic E-state index is -3.78. The van der Waals surface area contributed by atoms with Crippen LogP contribution in [0.25, 0.3) is 11.1 Å². The molecule has 0 spiro atoms. The first-order valence-electron chi connectivity index (χ1n) is 8.75. The third-order valence-electron chi connectivity index (χ3n) is 5.20. The van der Waals surface area contributed by atoms with Gasteiger partial charge in [-0.2, -0.15) is 5.26 Å². The molecule has 4 N–H and O–H groups in total. The third-order valence-corrected chi connectivity index (χ3v) is 5.20. The maximum atomic E-state index is 14.9. The van der Waals surface area contributed by atoms with Crippen LogP contribution >= 0.6 is 0 Å². The minimum absolute atomic E-state index is 0.0535. The molecule has 2 heterocycles. The molecule has 0 saturated heterocycles. The fourth-order valence-electron chi connectivity index (χ4n) is 3.38. The Morgan fingerprint density at radius 3 is 2.50 bits per heavy atom. The summed E-state index contributed by atoms with van der Waals surface area (Å²) < 4.78 is 59.0. The highest BCUT2D eigenvalue weighted by Crippen LogP contribution is 2.50. The zero-order valence-corrected chi connectivity index (χ0v) is 16.0. The lowest BCUT2D eigenvalue weighted by Gasteiger charge is -2.42. The summed E-state index contributed by atoms with van der Waals surface area (Å²) in [5.41, 5.74) is 5.26. The number of carbonyl (C=O) groups excluding carboxylic acids is 1. The van der Waals surface area contributed by atoms with Crippen LogP contribution in [0.1, 0.15) is 41.9 Å². The van der Waals surface area contributed by atoms with Gasteiger partial charge >= 0.3 is 0 Å². The zero-order valence-electron chi connectivity index (χ0n) is 16.0. The van der Waals surface area contributed by atoms with Crippen molar-refractivity contribution < 1.29 is 22.4 Å². The second kappa shape index (κ2) is 6.79. The summed E-state index contributed by atoms with van der Waals surface area (Å²) in [7, 11) is 0. The molecule has 0 saturated carbocycles. The average molecular weight is 419 g/mol. The van der Waals surface area contributed by atoms with Crippen LogP contribution < -0.4 is 11.5 Å². The molecule has 6 nitrogen and oxygen atoms in total. The summed E-state index contributed by atoms with van der Waals surface area (Å²) in [6.07, 6.45) is -0.161. The van der Waals surface area contributed by atoms with E-state index in [1.54, 1.807) is 0 Å². The largest absolute Gasteiger partial charge is 0.385 e. The van der Waals surface area contributed by atoms with Gasteiger partial charge in [0, 0.05) is 17.3 Å². The highest BCUT2D eigenvalue weighted by molar-refractivity contribution is 5.98. The quantitative estimate of drug-likeness (QED) is 0.743. The van der Waals surface area contributed by atoms with Crippen molar-refractivity contribution in [2.24, 2.45) is 16.5 Å². The molecule has 0 fully saturated rings. The number of hydrogen-bond donors (Lipinski definition) is 2. The number of rotatable bonds is 3. The molecule has 1 aromatic carbocycles. The van der Waals surface area contributed by atoms with Gasteiger partial charge in [-0.05, 0) is 37.6 Å². The molecule has 0 radical (unpaired) electrons. The van der Waals surface area contributed by atoms with E-state index in [9.17, 15) is 22.4 Å². The van der Waals surface area contributed by atoms with Crippen molar-refractivity contribution in [1.82, 2.24) is 4.98 Å². The first-order chi connectivity index (χ1) is 13.8. The van der Waals surface area contributed by atoms with E-state index in [-0.39, 0.29) is 22.4 Å². The van der Waals surface area contributed by atoms with Crippen LogP contribution in [0.15, 0.2) is 35.5 Å². The number of nitrogens with two attached hydrogens (primary N) is 2. The van der Waals surface area contributed by atoms with Gasteiger partial charge in [-0.25, -0.2) is 22.5 Å². The summed E-state index contributed by atoms with van der Waals surface area (Å²) >= 11 is 0. The molecule has 0 aliphatic carbocycles. The highest BCUT2D eigenvalue weighted by Gasteiger charge is 2.60. The van der Waals surface area contributed by atoms with Gasteiger partial charge in [-0.1, -0.05) is 6.07 Å². The van der Waals surface area contributed by atoms with Gasteiger partial charge in [-0.3, -0.25) is 9.79 Å². The fraction of sp³-hybridized carbons (Fsp3) is 0.300. The number of aliphatic imine (C=N–C) groups is 1. The normalized spacial score (nSPS) is 25.3. The van der Waals surface area contributed by atoms with Gasteiger partial charge in [0.2, 0.25) is 0 Å². The standard InChI is InChI=1S/C20H17F4N5O/c1-18(22)9-20(23,24)19(2,29-17(18)27)13-6-11(3-4-14(13)21)12-5-10(7-25)8-28-15(12)16(26)30/h3-6,8H,9H2,1-2H3,(H2,26,30)(H2,27,29)/t18-,19+/m0/s1. The van der Waals surface area contributed by atoms with Gasteiger partial charge in [0.15, 0.2) is 11.2 Å². The van der Waals surface area contributed by atoms with E-state index in [1.165, 1.54) is 12.1 Å². The fourth-order valence-corrected chi connectivity index (χ4v) is 3.38. The summed E-state index contributed by atoms with van der Waals surface area (Å²) in [4.78, 5) is 19.2. The molecule has 1 aliphatic heterocycles. The number of amides is 1. The molecule has 0 bridgehead atoms. The van der Waals surface area contributed by atoms with Crippen LogP contribution in [0.5, 0.6) is 0 Å². The molecular weight excluding hydrogens is 402 g/mol. The predicted octanol–water partition coefficient (Wildman–Crippen LogP) is 3.20. The summed E-state index contributed by atoms with van der Waals surface area (Å²) in [6, 6.07) is 6.30. The molecule has 2 aromatic rings. The number of primary amides is 1.